The highest BCUT2D eigenvalue weighted by Gasteiger charge is 2.12. The van der Waals surface area contributed by atoms with Gasteiger partial charge in [0.15, 0.2) is 0 Å². The van der Waals surface area contributed by atoms with E-state index in [0.29, 0.717) is 38.3 Å². The van der Waals surface area contributed by atoms with Crippen molar-refractivity contribution in [3.05, 3.63) is 66.1 Å². The smallest absolute Gasteiger partial charge is 0.226 e. The van der Waals surface area contributed by atoms with Gasteiger partial charge >= 0.3 is 0 Å². The first kappa shape index (κ1) is 20.5. The average molecular weight is 394 g/mol. The van der Waals surface area contributed by atoms with Crippen LogP contribution >= 0.6 is 0 Å². The van der Waals surface area contributed by atoms with E-state index in [-0.39, 0.29) is 5.91 Å². The first-order valence-corrected chi connectivity index (χ1v) is 9.71. The molecule has 6 nitrogen and oxygen atoms in total. The van der Waals surface area contributed by atoms with Gasteiger partial charge in [0.2, 0.25) is 11.8 Å². The van der Waals surface area contributed by atoms with Gasteiger partial charge in [-0.3, -0.25) is 4.79 Å². The minimum atomic E-state index is 0.0122. The van der Waals surface area contributed by atoms with Gasteiger partial charge in [0.1, 0.15) is 17.3 Å². The van der Waals surface area contributed by atoms with Crippen LogP contribution in [0.1, 0.15) is 24.3 Å². The zero-order valence-corrected chi connectivity index (χ0v) is 16.8. The molecule has 0 aliphatic rings. The molecule has 0 bridgehead atoms. The molecule has 1 N–H and O–H groups in total. The van der Waals surface area contributed by atoms with Gasteiger partial charge in [0.05, 0.1) is 19.4 Å². The van der Waals surface area contributed by atoms with E-state index in [4.69, 9.17) is 13.9 Å². The topological polar surface area (TPSA) is 73.6 Å². The Bertz CT molecular complexity index is 904. The van der Waals surface area contributed by atoms with Crippen molar-refractivity contribution in [1.82, 2.24) is 10.3 Å². The summed E-state index contributed by atoms with van der Waals surface area (Å²) in [7, 11) is 1.63. The Labute approximate surface area is 170 Å². The number of nitrogens with one attached hydrogen (secondary N) is 1. The summed E-state index contributed by atoms with van der Waals surface area (Å²) >= 11 is 0. The van der Waals surface area contributed by atoms with Gasteiger partial charge in [-0.1, -0.05) is 18.2 Å². The minimum Gasteiger partial charge on any atom is -0.497 e. The Balaban J connectivity index is 1.39. The fraction of sp³-hybridized carbons (Fsp3) is 0.304. The number of aryl methyl sites for hydroxylation is 1. The summed E-state index contributed by atoms with van der Waals surface area (Å²) in [5.41, 5.74) is 1.74. The first-order valence-electron chi connectivity index (χ1n) is 9.71. The highest BCUT2D eigenvalue weighted by molar-refractivity contribution is 5.75. The number of aromatic nitrogens is 1. The summed E-state index contributed by atoms with van der Waals surface area (Å²) in [6.45, 7) is 2.93. The highest BCUT2D eigenvalue weighted by Crippen LogP contribution is 2.24. The molecular weight excluding hydrogens is 368 g/mol. The molecule has 0 aliphatic carbocycles. The SMILES string of the molecule is COc1ccc(-c2nc(CCNC(=O)CCCOc3ccccc3)c(C)o2)cc1. The van der Waals surface area contributed by atoms with Crippen molar-refractivity contribution in [2.75, 3.05) is 20.3 Å². The molecule has 1 aromatic heterocycles. The van der Waals surface area contributed by atoms with Crippen LogP contribution in [-0.4, -0.2) is 31.2 Å². The van der Waals surface area contributed by atoms with Gasteiger partial charge in [0.25, 0.3) is 0 Å². The number of carbonyl (C=O) groups excluding carboxylic acids is 1. The van der Waals surface area contributed by atoms with Gasteiger partial charge in [0, 0.05) is 24.9 Å². The van der Waals surface area contributed by atoms with Crippen molar-refractivity contribution in [3.63, 3.8) is 0 Å². The molecule has 0 aliphatic heterocycles. The second-order valence-corrected chi connectivity index (χ2v) is 6.62. The summed E-state index contributed by atoms with van der Waals surface area (Å²) in [6, 6.07) is 17.2. The van der Waals surface area contributed by atoms with Crippen molar-refractivity contribution in [3.8, 4) is 23.0 Å². The van der Waals surface area contributed by atoms with Crippen LogP contribution < -0.4 is 14.8 Å². The second-order valence-electron chi connectivity index (χ2n) is 6.62. The molecule has 0 saturated carbocycles. The Kier molecular flexibility index (Phi) is 7.28. The predicted molar refractivity (Wildman–Crippen MR) is 111 cm³/mol. The summed E-state index contributed by atoms with van der Waals surface area (Å²) in [5.74, 6) is 2.96. The Hall–Kier alpha value is -3.28. The van der Waals surface area contributed by atoms with E-state index in [0.717, 1.165) is 28.5 Å². The number of hydrogen-bond donors (Lipinski definition) is 1. The third kappa shape index (κ3) is 6.10. The first-order chi connectivity index (χ1) is 14.2. The van der Waals surface area contributed by atoms with Crippen molar-refractivity contribution >= 4 is 5.91 Å². The van der Waals surface area contributed by atoms with Crippen LogP contribution in [0.5, 0.6) is 11.5 Å². The van der Waals surface area contributed by atoms with E-state index >= 15 is 0 Å². The van der Waals surface area contributed by atoms with Gasteiger partial charge < -0.3 is 19.2 Å². The predicted octanol–water partition coefficient (Wildman–Crippen LogP) is 4.18. The maximum atomic E-state index is 12.0. The molecule has 3 rings (SSSR count). The summed E-state index contributed by atoms with van der Waals surface area (Å²) in [6.07, 6.45) is 1.73. The van der Waals surface area contributed by atoms with Crippen LogP contribution in [0.4, 0.5) is 0 Å². The third-order valence-electron chi connectivity index (χ3n) is 4.47. The molecule has 1 amide bonds. The number of amides is 1. The fourth-order valence-electron chi connectivity index (χ4n) is 2.87. The number of oxazole rings is 1. The average Bonchev–Trinajstić information content (AvgIpc) is 3.12. The number of nitrogens with zero attached hydrogens (tertiary/aromatic N) is 1. The van der Waals surface area contributed by atoms with Crippen LogP contribution in [0.15, 0.2) is 59.0 Å². The van der Waals surface area contributed by atoms with Crippen LogP contribution in [0, 0.1) is 6.92 Å². The van der Waals surface area contributed by atoms with E-state index in [1.54, 1.807) is 7.11 Å². The molecule has 0 atom stereocenters. The lowest BCUT2D eigenvalue weighted by molar-refractivity contribution is -0.121. The normalized spacial score (nSPS) is 10.6. The van der Waals surface area contributed by atoms with Gasteiger partial charge in [-0.15, -0.1) is 0 Å². The number of rotatable bonds is 10. The largest absolute Gasteiger partial charge is 0.497 e. The Morgan fingerprint density at radius 3 is 2.55 bits per heavy atom. The summed E-state index contributed by atoms with van der Waals surface area (Å²) in [4.78, 5) is 16.6. The summed E-state index contributed by atoms with van der Waals surface area (Å²) in [5, 5.41) is 2.93. The Morgan fingerprint density at radius 2 is 1.83 bits per heavy atom. The molecule has 0 unspecified atom stereocenters. The van der Waals surface area contributed by atoms with E-state index in [1.807, 2.05) is 61.5 Å². The molecular formula is C23H26N2O4. The van der Waals surface area contributed by atoms with E-state index in [9.17, 15) is 4.79 Å². The summed E-state index contributed by atoms with van der Waals surface area (Å²) < 4.78 is 16.5. The zero-order valence-electron chi connectivity index (χ0n) is 16.8. The quantitative estimate of drug-likeness (QED) is 0.522. The number of para-hydroxylation sites is 1. The lowest BCUT2D eigenvalue weighted by Gasteiger charge is -2.06. The van der Waals surface area contributed by atoms with Crippen LogP contribution in [0.2, 0.25) is 0 Å². The molecule has 6 heteroatoms. The molecule has 0 fully saturated rings. The zero-order chi connectivity index (χ0) is 20.5. The number of methoxy groups -OCH3 is 1. The monoisotopic (exact) mass is 394 g/mol. The number of benzene rings is 2. The molecule has 3 aromatic rings. The van der Waals surface area contributed by atoms with Crippen LogP contribution in [-0.2, 0) is 11.2 Å². The van der Waals surface area contributed by atoms with Crippen LogP contribution in [0.25, 0.3) is 11.5 Å². The standard InChI is InChI=1S/C23H26N2O4/c1-17-21(25-23(29-17)18-10-12-19(27-2)13-11-18)14-15-24-22(26)9-6-16-28-20-7-4-3-5-8-20/h3-5,7-8,10-13H,6,9,14-16H2,1-2H3,(H,24,26). The van der Waals surface area contributed by atoms with Gasteiger partial charge in [-0.05, 0) is 49.7 Å². The number of ether oxygens (including phenoxy) is 2. The number of carbonyl (C=O) groups is 1. The van der Waals surface area contributed by atoms with Crippen molar-refractivity contribution in [2.45, 2.75) is 26.2 Å². The third-order valence-corrected chi connectivity index (χ3v) is 4.47. The van der Waals surface area contributed by atoms with Crippen molar-refractivity contribution in [2.24, 2.45) is 0 Å². The van der Waals surface area contributed by atoms with Gasteiger partial charge in [-0.25, -0.2) is 4.98 Å². The van der Waals surface area contributed by atoms with E-state index in [1.165, 1.54) is 0 Å². The molecule has 0 saturated heterocycles. The second kappa shape index (κ2) is 10.3. The fourth-order valence-corrected chi connectivity index (χ4v) is 2.87. The van der Waals surface area contributed by atoms with Crippen molar-refractivity contribution in [1.29, 1.82) is 0 Å². The van der Waals surface area contributed by atoms with E-state index in [2.05, 4.69) is 10.3 Å². The number of hydrogen-bond acceptors (Lipinski definition) is 5. The molecule has 1 heterocycles. The lowest BCUT2D eigenvalue weighted by Crippen LogP contribution is -2.26. The molecule has 2 aromatic carbocycles. The van der Waals surface area contributed by atoms with Crippen molar-refractivity contribution < 1.29 is 18.7 Å². The molecule has 0 spiro atoms. The van der Waals surface area contributed by atoms with Gasteiger partial charge in [-0.2, -0.15) is 0 Å². The van der Waals surface area contributed by atoms with E-state index < -0.39 is 0 Å². The highest BCUT2D eigenvalue weighted by atomic mass is 16.5. The molecule has 0 radical (unpaired) electrons. The minimum absolute atomic E-state index is 0.0122. The maximum Gasteiger partial charge on any atom is 0.226 e. The molecule has 152 valence electrons. The molecule has 29 heavy (non-hydrogen) atoms. The lowest BCUT2D eigenvalue weighted by atomic mass is 10.2. The maximum absolute atomic E-state index is 12.0. The Morgan fingerprint density at radius 1 is 1.07 bits per heavy atom. The van der Waals surface area contributed by atoms with Crippen LogP contribution in [0.3, 0.4) is 0 Å².